The number of hydrogen-bond donors (Lipinski definition) is 0. The van der Waals surface area contributed by atoms with Gasteiger partial charge in [0.2, 0.25) is 11.8 Å². The number of hydrogen-bond acceptors (Lipinski definition) is 5. The number of pyridine rings is 1. The lowest BCUT2D eigenvalue weighted by molar-refractivity contribution is -0.143. The molecule has 2 atom stereocenters. The van der Waals surface area contributed by atoms with Crippen LogP contribution < -0.4 is 0 Å². The number of amides is 3. The summed E-state index contributed by atoms with van der Waals surface area (Å²) < 4.78 is 5.98. The van der Waals surface area contributed by atoms with Gasteiger partial charge in [0, 0.05) is 56.5 Å². The molecule has 4 fully saturated rings. The van der Waals surface area contributed by atoms with Crippen molar-refractivity contribution in [2.45, 2.75) is 37.5 Å². The van der Waals surface area contributed by atoms with Gasteiger partial charge in [0.1, 0.15) is 0 Å². The third-order valence-corrected chi connectivity index (χ3v) is 6.74. The van der Waals surface area contributed by atoms with Gasteiger partial charge in [-0.1, -0.05) is 0 Å². The van der Waals surface area contributed by atoms with E-state index in [2.05, 4.69) is 4.98 Å². The molecule has 0 N–H and O–H groups in total. The van der Waals surface area contributed by atoms with E-state index in [1.165, 1.54) is 0 Å². The van der Waals surface area contributed by atoms with Crippen LogP contribution in [0, 0.1) is 5.92 Å². The summed E-state index contributed by atoms with van der Waals surface area (Å²) in [7, 11) is 0. The number of likely N-dealkylation sites (tertiary alicyclic amines) is 2. The predicted molar refractivity (Wildman–Crippen MR) is 98.0 cm³/mol. The van der Waals surface area contributed by atoms with Crippen LogP contribution in [-0.2, 0) is 14.3 Å². The molecule has 148 valence electrons. The standard InChI is InChI=1S/C20H24N4O4/c25-17-13-16-20(24(17)11-12-28-20)5-10-23(16)19(27)15-3-8-22(9-4-15)18(26)14-1-6-21-7-2-14/h1-2,6-7,15-16H,3-5,8-13H2/t16-,20+/m1/s1. The van der Waals surface area contributed by atoms with Gasteiger partial charge in [0.05, 0.1) is 19.1 Å². The van der Waals surface area contributed by atoms with Crippen LogP contribution in [0.4, 0.5) is 0 Å². The van der Waals surface area contributed by atoms with Gasteiger partial charge in [-0.05, 0) is 25.0 Å². The largest absolute Gasteiger partial charge is 0.351 e. The van der Waals surface area contributed by atoms with Gasteiger partial charge in [0.25, 0.3) is 5.91 Å². The maximum Gasteiger partial charge on any atom is 0.253 e. The molecule has 1 aromatic rings. The van der Waals surface area contributed by atoms with E-state index < -0.39 is 5.72 Å². The molecular weight excluding hydrogens is 360 g/mol. The second-order valence-electron chi connectivity index (χ2n) is 8.04. The summed E-state index contributed by atoms with van der Waals surface area (Å²) in [6, 6.07) is 3.27. The van der Waals surface area contributed by atoms with Gasteiger partial charge in [0.15, 0.2) is 5.72 Å². The maximum absolute atomic E-state index is 13.2. The molecule has 0 aromatic carbocycles. The van der Waals surface area contributed by atoms with Crippen molar-refractivity contribution < 1.29 is 19.1 Å². The molecule has 1 spiro atoms. The Morgan fingerprint density at radius 3 is 2.61 bits per heavy atom. The minimum absolute atomic E-state index is 0.00943. The highest BCUT2D eigenvalue weighted by atomic mass is 16.5. The Labute approximate surface area is 163 Å². The van der Waals surface area contributed by atoms with E-state index >= 15 is 0 Å². The molecule has 8 heteroatoms. The summed E-state index contributed by atoms with van der Waals surface area (Å²) in [6.45, 7) is 2.97. The lowest BCUT2D eigenvalue weighted by Gasteiger charge is -2.36. The SMILES string of the molecule is O=C(c1ccncc1)N1CCC(C(=O)N2CC[C@@]34OCCN3C(=O)C[C@@H]24)CC1. The van der Waals surface area contributed by atoms with Crippen LogP contribution in [0.1, 0.15) is 36.0 Å². The highest BCUT2D eigenvalue weighted by Gasteiger charge is 2.63. The van der Waals surface area contributed by atoms with Gasteiger partial charge < -0.3 is 19.4 Å². The molecule has 5 heterocycles. The predicted octanol–water partition coefficient (Wildman–Crippen LogP) is 0.493. The minimum atomic E-state index is -0.579. The van der Waals surface area contributed by atoms with Crippen molar-refractivity contribution in [3.8, 4) is 0 Å². The summed E-state index contributed by atoms with van der Waals surface area (Å²) in [6.07, 6.45) is 5.61. The Kier molecular flexibility index (Phi) is 4.12. The fourth-order valence-electron chi connectivity index (χ4n) is 5.30. The second kappa shape index (κ2) is 6.55. The van der Waals surface area contributed by atoms with Crippen LogP contribution in [0.2, 0.25) is 0 Å². The van der Waals surface area contributed by atoms with E-state index in [1.54, 1.807) is 24.5 Å². The van der Waals surface area contributed by atoms with Crippen molar-refractivity contribution in [1.82, 2.24) is 19.7 Å². The molecule has 4 aliphatic heterocycles. The van der Waals surface area contributed by atoms with E-state index in [-0.39, 0.29) is 29.7 Å². The van der Waals surface area contributed by atoms with Gasteiger partial charge >= 0.3 is 0 Å². The Balaban J connectivity index is 1.23. The molecule has 0 unspecified atom stereocenters. The molecule has 28 heavy (non-hydrogen) atoms. The third-order valence-electron chi connectivity index (χ3n) is 6.74. The van der Waals surface area contributed by atoms with E-state index in [0.29, 0.717) is 64.0 Å². The van der Waals surface area contributed by atoms with Crippen molar-refractivity contribution in [1.29, 1.82) is 0 Å². The van der Waals surface area contributed by atoms with Crippen LogP contribution in [0.25, 0.3) is 0 Å². The lowest BCUT2D eigenvalue weighted by Crippen LogP contribution is -2.51. The normalized spacial score (nSPS) is 29.9. The first kappa shape index (κ1) is 17.6. The number of carbonyl (C=O) groups excluding carboxylic acids is 3. The zero-order chi connectivity index (χ0) is 19.3. The Morgan fingerprint density at radius 1 is 1.11 bits per heavy atom. The number of carbonyl (C=O) groups is 3. The lowest BCUT2D eigenvalue weighted by atomic mass is 9.94. The zero-order valence-corrected chi connectivity index (χ0v) is 15.7. The zero-order valence-electron chi connectivity index (χ0n) is 15.7. The average Bonchev–Trinajstić information content (AvgIpc) is 3.39. The van der Waals surface area contributed by atoms with Gasteiger partial charge in [-0.25, -0.2) is 0 Å². The van der Waals surface area contributed by atoms with Gasteiger partial charge in [-0.2, -0.15) is 0 Å². The van der Waals surface area contributed by atoms with E-state index in [9.17, 15) is 14.4 Å². The van der Waals surface area contributed by atoms with Crippen LogP contribution in [0.3, 0.4) is 0 Å². The first-order valence-corrected chi connectivity index (χ1v) is 10.0. The Morgan fingerprint density at radius 2 is 1.86 bits per heavy atom. The Hall–Kier alpha value is -2.48. The monoisotopic (exact) mass is 384 g/mol. The average molecular weight is 384 g/mol. The highest BCUT2D eigenvalue weighted by Crippen LogP contribution is 2.46. The summed E-state index contributed by atoms with van der Waals surface area (Å²) in [5.74, 6) is 0.104. The molecule has 3 amide bonds. The van der Waals surface area contributed by atoms with Crippen LogP contribution in [-0.4, -0.2) is 82.0 Å². The summed E-state index contributed by atoms with van der Waals surface area (Å²) >= 11 is 0. The van der Waals surface area contributed by atoms with Gasteiger partial charge in [-0.3, -0.25) is 19.4 Å². The van der Waals surface area contributed by atoms with E-state index in [0.717, 1.165) is 0 Å². The maximum atomic E-state index is 13.2. The molecule has 4 aliphatic rings. The first-order valence-electron chi connectivity index (χ1n) is 10.0. The summed E-state index contributed by atoms with van der Waals surface area (Å²) in [5.41, 5.74) is 0.0503. The number of nitrogens with zero attached hydrogens (tertiary/aromatic N) is 4. The van der Waals surface area contributed by atoms with E-state index in [1.807, 2.05) is 14.7 Å². The molecule has 8 nitrogen and oxygen atoms in total. The summed E-state index contributed by atoms with van der Waals surface area (Å²) in [5, 5.41) is 0. The number of rotatable bonds is 2. The quantitative estimate of drug-likeness (QED) is 0.741. The molecule has 4 saturated heterocycles. The number of piperidine rings is 1. The summed E-state index contributed by atoms with van der Waals surface area (Å²) in [4.78, 5) is 47.6. The second-order valence-corrected chi connectivity index (χ2v) is 8.04. The van der Waals surface area contributed by atoms with Gasteiger partial charge in [-0.15, -0.1) is 0 Å². The van der Waals surface area contributed by atoms with Crippen LogP contribution in [0.5, 0.6) is 0 Å². The molecular formula is C20H24N4O4. The topological polar surface area (TPSA) is 83.1 Å². The number of ether oxygens (including phenoxy) is 1. The van der Waals surface area contributed by atoms with E-state index in [4.69, 9.17) is 4.74 Å². The van der Waals surface area contributed by atoms with Crippen LogP contribution in [0.15, 0.2) is 24.5 Å². The molecule has 1 aromatic heterocycles. The van der Waals surface area contributed by atoms with Crippen LogP contribution >= 0.6 is 0 Å². The molecule has 0 saturated carbocycles. The smallest absolute Gasteiger partial charge is 0.253 e. The Bertz CT molecular complexity index is 808. The van der Waals surface area contributed by atoms with Crippen molar-refractivity contribution in [2.75, 3.05) is 32.8 Å². The fraction of sp³-hybridized carbons (Fsp3) is 0.600. The molecule has 5 rings (SSSR count). The molecule has 0 aliphatic carbocycles. The first-order chi connectivity index (χ1) is 13.6. The van der Waals surface area contributed by atoms with Crippen molar-refractivity contribution in [3.05, 3.63) is 30.1 Å². The fourth-order valence-corrected chi connectivity index (χ4v) is 5.30. The molecule has 0 radical (unpaired) electrons. The number of aromatic nitrogens is 1. The molecule has 0 bridgehead atoms. The van der Waals surface area contributed by atoms with Crippen molar-refractivity contribution in [3.63, 3.8) is 0 Å². The third kappa shape index (κ3) is 2.54. The minimum Gasteiger partial charge on any atom is -0.351 e. The highest BCUT2D eigenvalue weighted by molar-refractivity contribution is 5.94. The van der Waals surface area contributed by atoms with Crippen molar-refractivity contribution in [2.24, 2.45) is 5.92 Å². The van der Waals surface area contributed by atoms with Crippen molar-refractivity contribution >= 4 is 17.7 Å².